The number of alkyl carbamates (subject to hydrolysis) is 1. The summed E-state index contributed by atoms with van der Waals surface area (Å²) in [5.74, 6) is -0.0764. The van der Waals surface area contributed by atoms with Crippen LogP contribution in [0, 0.1) is 11.8 Å². The SMILES string of the molecule is CC(C)(C)OC(=O)N[C@@H]1CNC[C@@H]1CF.Cl.Cl.N[C@@H]1CNC[C@@H]1CF. The minimum atomic E-state index is -0.513. The second-order valence-electron chi connectivity index (χ2n) is 7.06. The molecule has 2 aliphatic rings. The summed E-state index contributed by atoms with van der Waals surface area (Å²) in [6.07, 6.45) is -0.477. The van der Waals surface area contributed by atoms with E-state index in [-0.39, 0.29) is 55.4 Å². The molecule has 0 unspecified atom stereocenters. The summed E-state index contributed by atoms with van der Waals surface area (Å²) in [7, 11) is 0. The van der Waals surface area contributed by atoms with Gasteiger partial charge in [0.15, 0.2) is 0 Å². The second kappa shape index (κ2) is 12.9. The molecule has 6 nitrogen and oxygen atoms in total. The van der Waals surface area contributed by atoms with Gasteiger partial charge in [-0.05, 0) is 20.8 Å². The van der Waals surface area contributed by atoms with Gasteiger partial charge in [-0.2, -0.15) is 0 Å². The quantitative estimate of drug-likeness (QED) is 0.566. The van der Waals surface area contributed by atoms with E-state index in [4.69, 9.17) is 10.5 Å². The van der Waals surface area contributed by atoms with Crippen molar-refractivity contribution in [2.24, 2.45) is 17.6 Å². The summed E-state index contributed by atoms with van der Waals surface area (Å²) < 4.78 is 29.4. The van der Waals surface area contributed by atoms with E-state index in [1.165, 1.54) is 0 Å². The molecule has 0 spiro atoms. The van der Waals surface area contributed by atoms with E-state index in [0.29, 0.717) is 13.1 Å². The molecule has 2 aliphatic heterocycles. The van der Waals surface area contributed by atoms with Gasteiger partial charge < -0.3 is 26.4 Å². The van der Waals surface area contributed by atoms with Gasteiger partial charge in [0.25, 0.3) is 0 Å². The number of nitrogens with two attached hydrogens (primary N) is 1. The zero-order valence-electron chi connectivity index (χ0n) is 15.0. The number of nitrogens with one attached hydrogen (secondary N) is 3. The molecular formula is C15H32Cl2F2N4O2. The summed E-state index contributed by atoms with van der Waals surface area (Å²) in [5.41, 5.74) is 4.97. The average molecular weight is 409 g/mol. The average Bonchev–Trinajstić information content (AvgIpc) is 3.05. The topological polar surface area (TPSA) is 88.4 Å². The number of halogens is 4. The van der Waals surface area contributed by atoms with E-state index in [0.717, 1.165) is 13.1 Å². The number of hydrogen-bond donors (Lipinski definition) is 4. The first-order valence-electron chi connectivity index (χ1n) is 8.05. The molecule has 0 aromatic carbocycles. The molecule has 5 N–H and O–H groups in total. The fraction of sp³-hybridized carbons (Fsp3) is 0.933. The Kier molecular flexibility index (Phi) is 13.8. The molecule has 0 aromatic rings. The molecule has 4 atom stereocenters. The maximum absolute atomic E-state index is 12.5. The molecule has 0 saturated carbocycles. The first-order valence-corrected chi connectivity index (χ1v) is 8.05. The number of alkyl halides is 2. The van der Waals surface area contributed by atoms with Crippen molar-refractivity contribution in [3.8, 4) is 0 Å². The van der Waals surface area contributed by atoms with Crippen LogP contribution in [0.25, 0.3) is 0 Å². The van der Waals surface area contributed by atoms with Crippen LogP contribution in [-0.4, -0.2) is 63.3 Å². The van der Waals surface area contributed by atoms with Gasteiger partial charge in [0.2, 0.25) is 0 Å². The maximum Gasteiger partial charge on any atom is 0.407 e. The third kappa shape index (κ3) is 10.4. The Morgan fingerprint density at radius 3 is 2.00 bits per heavy atom. The maximum atomic E-state index is 12.5. The number of amides is 1. The highest BCUT2D eigenvalue weighted by Crippen LogP contribution is 2.12. The highest BCUT2D eigenvalue weighted by atomic mass is 35.5. The van der Waals surface area contributed by atoms with Crippen molar-refractivity contribution in [3.63, 3.8) is 0 Å². The predicted octanol–water partition coefficient (Wildman–Crippen LogP) is 1.41. The molecule has 10 heteroatoms. The van der Waals surface area contributed by atoms with Gasteiger partial charge in [-0.25, -0.2) is 4.79 Å². The van der Waals surface area contributed by atoms with Gasteiger partial charge in [0, 0.05) is 44.1 Å². The number of ether oxygens (including phenoxy) is 1. The number of rotatable bonds is 3. The molecule has 2 saturated heterocycles. The zero-order valence-corrected chi connectivity index (χ0v) is 16.7. The molecule has 152 valence electrons. The lowest BCUT2D eigenvalue weighted by molar-refractivity contribution is 0.0494. The van der Waals surface area contributed by atoms with E-state index in [2.05, 4.69) is 16.0 Å². The van der Waals surface area contributed by atoms with Crippen molar-refractivity contribution in [2.45, 2.75) is 38.5 Å². The number of carbonyl (C=O) groups excluding carboxylic acids is 1. The Balaban J connectivity index is 0. The van der Waals surface area contributed by atoms with Crippen LogP contribution in [0.5, 0.6) is 0 Å². The molecule has 0 aliphatic carbocycles. The van der Waals surface area contributed by atoms with Crippen LogP contribution in [0.3, 0.4) is 0 Å². The van der Waals surface area contributed by atoms with E-state index < -0.39 is 18.4 Å². The molecule has 25 heavy (non-hydrogen) atoms. The van der Waals surface area contributed by atoms with Gasteiger partial charge in [-0.15, -0.1) is 24.8 Å². The number of carbonyl (C=O) groups is 1. The standard InChI is InChI=1S/C10H19FN2O2.C5H11FN2.2ClH/c1-10(2,3)15-9(14)13-8-6-12-5-7(8)4-11;6-1-4-2-8-3-5(4)7;;/h7-8,12H,4-6H2,1-3H3,(H,13,14);4-5,8H,1-3,7H2;2*1H/t7-,8+;4-,5+;;/m00../s1. The van der Waals surface area contributed by atoms with Crippen molar-refractivity contribution in [2.75, 3.05) is 39.5 Å². The summed E-state index contributed by atoms with van der Waals surface area (Å²) in [5, 5.41) is 8.71. The normalized spacial score (nSPS) is 28.1. The van der Waals surface area contributed by atoms with E-state index >= 15 is 0 Å². The first-order chi connectivity index (χ1) is 10.8. The van der Waals surface area contributed by atoms with E-state index in [1.807, 2.05) is 0 Å². The lowest BCUT2D eigenvalue weighted by atomic mass is 10.1. The van der Waals surface area contributed by atoms with Crippen LogP contribution >= 0.6 is 24.8 Å². The molecule has 2 heterocycles. The number of hydrogen-bond acceptors (Lipinski definition) is 5. The summed E-state index contributed by atoms with van der Waals surface area (Å²) in [6, 6.07) is -0.121. The second-order valence-corrected chi connectivity index (χ2v) is 7.06. The summed E-state index contributed by atoms with van der Waals surface area (Å²) >= 11 is 0. The molecule has 0 radical (unpaired) electrons. The fourth-order valence-electron chi connectivity index (χ4n) is 2.45. The lowest BCUT2D eigenvalue weighted by Gasteiger charge is -2.23. The summed E-state index contributed by atoms with van der Waals surface area (Å²) in [6.45, 7) is 7.42. The van der Waals surface area contributed by atoms with Crippen molar-refractivity contribution in [1.29, 1.82) is 0 Å². The van der Waals surface area contributed by atoms with Crippen LogP contribution in [0.1, 0.15) is 20.8 Å². The van der Waals surface area contributed by atoms with Crippen molar-refractivity contribution in [3.05, 3.63) is 0 Å². The van der Waals surface area contributed by atoms with Crippen LogP contribution in [0.2, 0.25) is 0 Å². The molecule has 0 bridgehead atoms. The fourth-order valence-corrected chi connectivity index (χ4v) is 2.45. The molecule has 0 aromatic heterocycles. The van der Waals surface area contributed by atoms with Crippen LogP contribution < -0.4 is 21.7 Å². The minimum absolute atomic E-state index is 0. The highest BCUT2D eigenvalue weighted by Gasteiger charge is 2.29. The Bertz CT molecular complexity index is 376. The Hall–Kier alpha value is -0.410. The van der Waals surface area contributed by atoms with Crippen molar-refractivity contribution >= 4 is 30.9 Å². The van der Waals surface area contributed by atoms with E-state index in [9.17, 15) is 13.6 Å². The van der Waals surface area contributed by atoms with Crippen molar-refractivity contribution in [1.82, 2.24) is 16.0 Å². The Morgan fingerprint density at radius 2 is 1.60 bits per heavy atom. The predicted molar refractivity (Wildman–Crippen MR) is 100 cm³/mol. The van der Waals surface area contributed by atoms with Gasteiger partial charge in [-0.3, -0.25) is 8.78 Å². The largest absolute Gasteiger partial charge is 0.444 e. The molecule has 2 fully saturated rings. The molecule has 2 rings (SSSR count). The van der Waals surface area contributed by atoms with Gasteiger partial charge in [0.1, 0.15) is 5.60 Å². The van der Waals surface area contributed by atoms with E-state index in [1.54, 1.807) is 20.8 Å². The van der Waals surface area contributed by atoms with Crippen molar-refractivity contribution < 1.29 is 18.3 Å². The molecule has 1 amide bonds. The minimum Gasteiger partial charge on any atom is -0.444 e. The highest BCUT2D eigenvalue weighted by molar-refractivity contribution is 5.85. The Labute approximate surface area is 161 Å². The first kappa shape index (κ1) is 26.8. The van der Waals surface area contributed by atoms with Gasteiger partial charge in [-0.1, -0.05) is 0 Å². The summed E-state index contributed by atoms with van der Waals surface area (Å²) in [4.78, 5) is 11.4. The third-order valence-corrected chi connectivity index (χ3v) is 3.83. The molecular weight excluding hydrogens is 377 g/mol. The van der Waals surface area contributed by atoms with Gasteiger partial charge in [0.05, 0.1) is 19.4 Å². The van der Waals surface area contributed by atoms with Crippen LogP contribution in [-0.2, 0) is 4.74 Å². The van der Waals surface area contributed by atoms with Gasteiger partial charge >= 0.3 is 6.09 Å². The Morgan fingerprint density at radius 1 is 1.08 bits per heavy atom. The monoisotopic (exact) mass is 408 g/mol. The van der Waals surface area contributed by atoms with Crippen LogP contribution in [0.4, 0.5) is 13.6 Å². The van der Waals surface area contributed by atoms with Crippen LogP contribution in [0.15, 0.2) is 0 Å². The zero-order chi connectivity index (χ0) is 17.5. The third-order valence-electron chi connectivity index (χ3n) is 3.83. The lowest BCUT2D eigenvalue weighted by Crippen LogP contribution is -2.43. The smallest absolute Gasteiger partial charge is 0.407 e.